The average Bonchev–Trinajstić information content (AvgIpc) is 3.34. The highest BCUT2D eigenvalue weighted by atomic mass is 16.5. The van der Waals surface area contributed by atoms with Crippen molar-refractivity contribution < 1.29 is 23.5 Å². The second kappa shape index (κ2) is 10.3. The number of amides is 1. The summed E-state index contributed by atoms with van der Waals surface area (Å²) in [6.07, 6.45) is 1.55. The predicted molar refractivity (Wildman–Crippen MR) is 117 cm³/mol. The standard InChI is InChI=1S/C24H27N3O5/c1-29-20-9-8-19(14-21(20)30-2)23-25-24(32-26-23)18-10-12-27(13-11-18)22(28)16-31-15-17-6-4-3-5-7-17/h3-9,14,18H,10-13,15-16H2,1-2H3. The van der Waals surface area contributed by atoms with Crippen molar-refractivity contribution in [3.63, 3.8) is 0 Å². The van der Waals surface area contributed by atoms with Crippen molar-refractivity contribution in [2.24, 2.45) is 0 Å². The van der Waals surface area contributed by atoms with Crippen molar-refractivity contribution in [1.82, 2.24) is 15.0 Å². The Morgan fingerprint density at radius 1 is 1.06 bits per heavy atom. The average molecular weight is 437 g/mol. The Kier molecular flexibility index (Phi) is 7.01. The zero-order valence-electron chi connectivity index (χ0n) is 18.3. The number of methoxy groups -OCH3 is 2. The maximum Gasteiger partial charge on any atom is 0.248 e. The summed E-state index contributed by atoms with van der Waals surface area (Å²) in [6.45, 7) is 1.81. The lowest BCUT2D eigenvalue weighted by molar-refractivity contribution is -0.137. The number of hydrogen-bond donors (Lipinski definition) is 0. The molecule has 1 aliphatic rings. The third-order valence-electron chi connectivity index (χ3n) is 5.62. The fourth-order valence-electron chi connectivity index (χ4n) is 3.79. The summed E-state index contributed by atoms with van der Waals surface area (Å²) < 4.78 is 21.7. The maximum absolute atomic E-state index is 12.5. The second-order valence-corrected chi connectivity index (χ2v) is 7.66. The number of carbonyl (C=O) groups excluding carboxylic acids is 1. The molecule has 1 aliphatic heterocycles. The van der Waals surface area contributed by atoms with Crippen LogP contribution in [0.25, 0.3) is 11.4 Å². The van der Waals surface area contributed by atoms with Crippen LogP contribution in [0.1, 0.15) is 30.2 Å². The number of carbonyl (C=O) groups is 1. The van der Waals surface area contributed by atoms with E-state index in [-0.39, 0.29) is 18.4 Å². The SMILES string of the molecule is COc1ccc(-c2noc(C3CCN(C(=O)COCc4ccccc4)CC3)n2)cc1OC. The number of rotatable bonds is 8. The van der Waals surface area contributed by atoms with Crippen LogP contribution in [-0.2, 0) is 16.1 Å². The van der Waals surface area contributed by atoms with Gasteiger partial charge in [-0.05, 0) is 36.6 Å². The molecule has 8 heteroatoms. The van der Waals surface area contributed by atoms with Crippen molar-refractivity contribution in [2.75, 3.05) is 33.9 Å². The van der Waals surface area contributed by atoms with E-state index >= 15 is 0 Å². The highest BCUT2D eigenvalue weighted by Crippen LogP contribution is 2.33. The Hall–Kier alpha value is -3.39. The molecule has 0 unspecified atom stereocenters. The van der Waals surface area contributed by atoms with Gasteiger partial charge in [0.2, 0.25) is 17.6 Å². The fourth-order valence-corrected chi connectivity index (χ4v) is 3.79. The predicted octanol–water partition coefficient (Wildman–Crippen LogP) is 3.68. The molecule has 1 amide bonds. The molecule has 3 aromatic rings. The van der Waals surface area contributed by atoms with Crippen LogP contribution >= 0.6 is 0 Å². The molecular weight excluding hydrogens is 410 g/mol. The first kappa shape index (κ1) is 21.8. The zero-order chi connectivity index (χ0) is 22.3. The maximum atomic E-state index is 12.5. The van der Waals surface area contributed by atoms with Gasteiger partial charge < -0.3 is 23.6 Å². The third-order valence-corrected chi connectivity index (χ3v) is 5.62. The lowest BCUT2D eigenvalue weighted by atomic mass is 9.97. The number of ether oxygens (including phenoxy) is 3. The molecule has 0 aliphatic carbocycles. The number of aromatic nitrogens is 2. The molecular formula is C24H27N3O5. The van der Waals surface area contributed by atoms with E-state index in [1.54, 1.807) is 14.2 Å². The number of benzene rings is 2. The Bertz CT molecular complexity index is 1030. The van der Waals surface area contributed by atoms with Crippen molar-refractivity contribution in [2.45, 2.75) is 25.4 Å². The van der Waals surface area contributed by atoms with Gasteiger partial charge in [0.25, 0.3) is 0 Å². The molecule has 2 heterocycles. The van der Waals surface area contributed by atoms with Gasteiger partial charge in [-0.3, -0.25) is 4.79 Å². The Morgan fingerprint density at radius 3 is 2.53 bits per heavy atom. The van der Waals surface area contributed by atoms with Crippen LogP contribution in [0.15, 0.2) is 53.1 Å². The molecule has 0 atom stereocenters. The van der Waals surface area contributed by atoms with Gasteiger partial charge >= 0.3 is 0 Å². The summed E-state index contributed by atoms with van der Waals surface area (Å²) >= 11 is 0. The van der Waals surface area contributed by atoms with Crippen LogP contribution in [0, 0.1) is 0 Å². The van der Waals surface area contributed by atoms with E-state index in [9.17, 15) is 4.79 Å². The van der Waals surface area contributed by atoms with Crippen molar-refractivity contribution >= 4 is 5.91 Å². The first-order valence-electron chi connectivity index (χ1n) is 10.6. The van der Waals surface area contributed by atoms with Crippen molar-refractivity contribution in [3.05, 3.63) is 60.0 Å². The lowest BCUT2D eigenvalue weighted by Crippen LogP contribution is -2.40. The van der Waals surface area contributed by atoms with Gasteiger partial charge in [-0.25, -0.2) is 0 Å². The van der Waals surface area contributed by atoms with Crippen molar-refractivity contribution in [3.8, 4) is 22.9 Å². The number of hydrogen-bond acceptors (Lipinski definition) is 7. The van der Waals surface area contributed by atoms with E-state index in [0.717, 1.165) is 24.0 Å². The molecule has 2 aromatic carbocycles. The van der Waals surface area contributed by atoms with E-state index in [2.05, 4.69) is 10.1 Å². The van der Waals surface area contributed by atoms with Gasteiger partial charge in [-0.2, -0.15) is 4.98 Å². The largest absolute Gasteiger partial charge is 0.493 e. The molecule has 1 fully saturated rings. The van der Waals surface area contributed by atoms with E-state index in [1.165, 1.54) is 0 Å². The summed E-state index contributed by atoms with van der Waals surface area (Å²) in [5.74, 6) is 2.50. The highest BCUT2D eigenvalue weighted by Gasteiger charge is 2.27. The van der Waals surface area contributed by atoms with E-state index < -0.39 is 0 Å². The Labute approximate surface area is 187 Å². The molecule has 0 N–H and O–H groups in total. The van der Waals surface area contributed by atoms with E-state index in [1.807, 2.05) is 53.4 Å². The van der Waals surface area contributed by atoms with Crippen LogP contribution in [0.2, 0.25) is 0 Å². The topological polar surface area (TPSA) is 86.9 Å². The molecule has 32 heavy (non-hydrogen) atoms. The van der Waals surface area contributed by atoms with Crippen LogP contribution in [0.4, 0.5) is 0 Å². The fraction of sp³-hybridized carbons (Fsp3) is 0.375. The minimum absolute atomic E-state index is 0.0101. The van der Waals surface area contributed by atoms with Crippen LogP contribution in [0.5, 0.6) is 11.5 Å². The van der Waals surface area contributed by atoms with Gasteiger partial charge in [-0.1, -0.05) is 35.5 Å². The van der Waals surface area contributed by atoms with Crippen molar-refractivity contribution in [1.29, 1.82) is 0 Å². The molecule has 0 radical (unpaired) electrons. The molecule has 1 saturated heterocycles. The molecule has 168 valence electrons. The normalized spacial score (nSPS) is 14.4. The van der Waals surface area contributed by atoms with Crippen LogP contribution in [-0.4, -0.2) is 54.9 Å². The third kappa shape index (κ3) is 5.08. The highest BCUT2D eigenvalue weighted by molar-refractivity contribution is 5.77. The van der Waals surface area contributed by atoms with E-state index in [4.69, 9.17) is 18.7 Å². The molecule has 0 saturated carbocycles. The number of nitrogens with zero attached hydrogens (tertiary/aromatic N) is 3. The molecule has 4 rings (SSSR count). The number of piperidine rings is 1. The van der Waals surface area contributed by atoms with Crippen LogP contribution in [0.3, 0.4) is 0 Å². The molecule has 0 bridgehead atoms. The summed E-state index contributed by atoms with van der Waals surface area (Å²) in [7, 11) is 3.18. The quantitative estimate of drug-likeness (QED) is 0.531. The van der Waals surface area contributed by atoms with Gasteiger partial charge in [0, 0.05) is 24.6 Å². The molecule has 0 spiro atoms. The Morgan fingerprint density at radius 2 is 1.81 bits per heavy atom. The van der Waals surface area contributed by atoms with E-state index in [0.29, 0.717) is 42.9 Å². The van der Waals surface area contributed by atoms with Gasteiger partial charge in [0.15, 0.2) is 11.5 Å². The summed E-state index contributed by atoms with van der Waals surface area (Å²) in [5.41, 5.74) is 1.85. The first-order chi connectivity index (χ1) is 15.7. The molecule has 1 aromatic heterocycles. The number of likely N-dealkylation sites (tertiary alicyclic amines) is 1. The van der Waals surface area contributed by atoms with Gasteiger partial charge in [0.05, 0.1) is 20.8 Å². The minimum atomic E-state index is 0.0101. The smallest absolute Gasteiger partial charge is 0.248 e. The summed E-state index contributed by atoms with van der Waals surface area (Å²) in [6, 6.07) is 15.3. The summed E-state index contributed by atoms with van der Waals surface area (Å²) in [4.78, 5) is 18.9. The van der Waals surface area contributed by atoms with Gasteiger partial charge in [-0.15, -0.1) is 0 Å². The second-order valence-electron chi connectivity index (χ2n) is 7.66. The first-order valence-corrected chi connectivity index (χ1v) is 10.6. The minimum Gasteiger partial charge on any atom is -0.493 e. The Balaban J connectivity index is 1.29. The zero-order valence-corrected chi connectivity index (χ0v) is 18.3. The van der Waals surface area contributed by atoms with Crippen LogP contribution < -0.4 is 9.47 Å². The lowest BCUT2D eigenvalue weighted by Gasteiger charge is -2.30. The molecule has 8 nitrogen and oxygen atoms in total. The summed E-state index contributed by atoms with van der Waals surface area (Å²) in [5, 5.41) is 4.13. The van der Waals surface area contributed by atoms with Gasteiger partial charge in [0.1, 0.15) is 6.61 Å². The monoisotopic (exact) mass is 437 g/mol.